The summed E-state index contributed by atoms with van der Waals surface area (Å²) in [6.07, 6.45) is -18.6. The van der Waals surface area contributed by atoms with Gasteiger partial charge in [0.1, 0.15) is 36.6 Å². The number of halogens is 1. The lowest BCUT2D eigenvalue weighted by molar-refractivity contribution is -0.428. The molecule has 23 heavy (non-hydrogen) atoms. The van der Waals surface area contributed by atoms with Crippen molar-refractivity contribution >= 4 is 0 Å². The second-order valence-electron chi connectivity index (χ2n) is 5.32. The molecule has 0 bridgehead atoms. The Morgan fingerprint density at radius 2 is 1.39 bits per heavy atom. The van der Waals surface area contributed by atoms with Crippen LogP contribution in [0.25, 0.3) is 0 Å². The van der Waals surface area contributed by atoms with Crippen LogP contribution in [-0.4, -0.2) is 109 Å². The third-order valence-corrected chi connectivity index (χ3v) is 3.77. The van der Waals surface area contributed by atoms with Gasteiger partial charge in [-0.05, 0) is 0 Å². The molecular formula is C11H19FO11. The molecule has 0 saturated carbocycles. The van der Waals surface area contributed by atoms with Crippen LogP contribution in [0.15, 0.2) is 0 Å². The lowest BCUT2D eigenvalue weighted by Crippen LogP contribution is -2.69. The molecule has 0 aliphatic carbocycles. The molecule has 0 amide bonds. The first-order valence-electron chi connectivity index (χ1n) is 6.68. The molecule has 0 unspecified atom stereocenters. The van der Waals surface area contributed by atoms with Gasteiger partial charge >= 0.3 is 0 Å². The van der Waals surface area contributed by atoms with Crippen molar-refractivity contribution in [1.29, 1.82) is 0 Å². The molecule has 0 aromatic carbocycles. The minimum absolute atomic E-state index is 1.09. The predicted molar refractivity (Wildman–Crippen MR) is 63.8 cm³/mol. The summed E-state index contributed by atoms with van der Waals surface area (Å²) in [6.45, 7) is -1.09. The fourth-order valence-corrected chi connectivity index (χ4v) is 2.34. The molecule has 2 heterocycles. The van der Waals surface area contributed by atoms with Crippen molar-refractivity contribution in [3.8, 4) is 0 Å². The van der Waals surface area contributed by atoms with Crippen molar-refractivity contribution in [2.75, 3.05) is 6.61 Å². The molecule has 10 atom stereocenters. The summed E-state index contributed by atoms with van der Waals surface area (Å²) >= 11 is 0. The largest absolute Gasteiger partial charge is 0.393 e. The highest BCUT2D eigenvalue weighted by atomic mass is 19.2. The topological polar surface area (TPSA) is 190 Å². The Morgan fingerprint density at radius 3 is 1.96 bits per heavy atom. The van der Waals surface area contributed by atoms with E-state index in [1.807, 2.05) is 0 Å². The summed E-state index contributed by atoms with van der Waals surface area (Å²) in [6, 6.07) is 0. The van der Waals surface area contributed by atoms with Gasteiger partial charge in [0.15, 0.2) is 18.9 Å². The van der Waals surface area contributed by atoms with Gasteiger partial charge in [-0.25, -0.2) is 4.39 Å². The molecule has 2 rings (SSSR count). The minimum Gasteiger partial charge on any atom is -0.393 e. The molecule has 0 aromatic rings. The quantitative estimate of drug-likeness (QED) is 0.244. The van der Waals surface area contributed by atoms with E-state index in [-0.39, 0.29) is 0 Å². The van der Waals surface area contributed by atoms with Gasteiger partial charge in [0.05, 0.1) is 6.61 Å². The lowest BCUT2D eigenvalue weighted by atomic mass is 9.95. The summed E-state index contributed by atoms with van der Waals surface area (Å²) in [4.78, 5) is 0. The summed E-state index contributed by atoms with van der Waals surface area (Å²) < 4.78 is 28.8. The van der Waals surface area contributed by atoms with E-state index >= 15 is 0 Å². The van der Waals surface area contributed by atoms with E-state index in [1.165, 1.54) is 0 Å². The van der Waals surface area contributed by atoms with Gasteiger partial charge in [-0.1, -0.05) is 0 Å². The third kappa shape index (κ3) is 3.20. The maximum Gasteiger partial charge on any atom is 0.269 e. The molecule has 11 nitrogen and oxygen atoms in total. The van der Waals surface area contributed by atoms with Crippen molar-refractivity contribution in [1.82, 2.24) is 0 Å². The van der Waals surface area contributed by atoms with Gasteiger partial charge < -0.3 is 55.1 Å². The van der Waals surface area contributed by atoms with E-state index < -0.39 is 68.0 Å². The third-order valence-electron chi connectivity index (χ3n) is 3.77. The average Bonchev–Trinajstić information content (AvgIpc) is 2.52. The Morgan fingerprint density at radius 1 is 0.826 bits per heavy atom. The zero-order valence-corrected chi connectivity index (χ0v) is 11.6. The number of hydrogen-bond acceptors (Lipinski definition) is 11. The highest BCUT2D eigenvalue weighted by Gasteiger charge is 2.60. The van der Waals surface area contributed by atoms with E-state index in [0.29, 0.717) is 0 Å². The highest BCUT2D eigenvalue weighted by Crippen LogP contribution is 2.37. The van der Waals surface area contributed by atoms with E-state index in [2.05, 4.69) is 14.2 Å². The molecule has 2 saturated heterocycles. The van der Waals surface area contributed by atoms with Crippen LogP contribution >= 0.6 is 0 Å². The monoisotopic (exact) mass is 346 g/mol. The van der Waals surface area contributed by atoms with Crippen LogP contribution in [0.5, 0.6) is 0 Å². The first kappa shape index (κ1) is 18.8. The second kappa shape index (κ2) is 6.78. The highest BCUT2D eigenvalue weighted by molar-refractivity contribution is 4.97. The number of alkyl halides is 1. The number of aliphatic hydroxyl groups excluding tert-OH is 8. The van der Waals surface area contributed by atoms with Gasteiger partial charge in [0, 0.05) is 0 Å². The van der Waals surface area contributed by atoms with Crippen LogP contribution < -0.4 is 0 Å². The zero-order chi connectivity index (χ0) is 17.5. The van der Waals surface area contributed by atoms with Crippen LogP contribution in [-0.2, 0) is 14.2 Å². The molecule has 136 valence electrons. The van der Waals surface area contributed by atoms with E-state index in [0.717, 1.165) is 0 Å². The van der Waals surface area contributed by atoms with Crippen LogP contribution in [0.4, 0.5) is 4.39 Å². The van der Waals surface area contributed by atoms with E-state index in [1.54, 1.807) is 0 Å². The van der Waals surface area contributed by atoms with Gasteiger partial charge in [-0.2, -0.15) is 0 Å². The Labute approximate surface area is 128 Å². The van der Waals surface area contributed by atoms with Crippen molar-refractivity contribution in [2.24, 2.45) is 0 Å². The summed E-state index contributed by atoms with van der Waals surface area (Å²) in [5.41, 5.74) is 0. The Hall–Kier alpha value is -0.510. The van der Waals surface area contributed by atoms with E-state index in [9.17, 15) is 40.1 Å². The summed E-state index contributed by atoms with van der Waals surface area (Å²) in [7, 11) is 0. The number of rotatable bonds is 3. The zero-order valence-electron chi connectivity index (χ0n) is 11.6. The SMILES string of the molecule is OC[C@H]1O[C@@H](O)[C@H](O)[C@H](O)[C@@]1(F)O[C@H]1O[C@H](O)[C@@H](O)[C@H](O)[C@H]1O. The van der Waals surface area contributed by atoms with Crippen molar-refractivity contribution in [2.45, 2.75) is 61.3 Å². The molecule has 0 spiro atoms. The molecule has 2 fully saturated rings. The molecule has 8 N–H and O–H groups in total. The van der Waals surface area contributed by atoms with E-state index in [4.69, 9.17) is 5.11 Å². The molecule has 0 radical (unpaired) electrons. The predicted octanol–water partition coefficient (Wildman–Crippen LogP) is -5.14. The normalized spacial score (nSPS) is 54.9. The first-order valence-corrected chi connectivity index (χ1v) is 6.68. The number of hydrogen-bond donors (Lipinski definition) is 8. The minimum atomic E-state index is -3.36. The molecule has 0 aromatic heterocycles. The van der Waals surface area contributed by atoms with Gasteiger partial charge in [-0.15, -0.1) is 0 Å². The molecule has 2 aliphatic heterocycles. The lowest BCUT2D eigenvalue weighted by Gasteiger charge is -2.47. The summed E-state index contributed by atoms with van der Waals surface area (Å²) in [5, 5.41) is 75.5. The van der Waals surface area contributed by atoms with Gasteiger partial charge in [0.2, 0.25) is 0 Å². The maximum atomic E-state index is 14.9. The van der Waals surface area contributed by atoms with Gasteiger partial charge in [-0.3, -0.25) is 0 Å². The van der Waals surface area contributed by atoms with Crippen molar-refractivity contribution < 1.29 is 59.5 Å². The molecule has 12 heteroatoms. The maximum absolute atomic E-state index is 14.9. The van der Waals surface area contributed by atoms with Crippen LogP contribution in [0.3, 0.4) is 0 Å². The fourth-order valence-electron chi connectivity index (χ4n) is 2.34. The fraction of sp³-hybridized carbons (Fsp3) is 1.00. The molecule has 2 aliphatic rings. The Balaban J connectivity index is 2.21. The number of aliphatic hydroxyl groups is 8. The van der Waals surface area contributed by atoms with Crippen LogP contribution in [0.1, 0.15) is 0 Å². The Kier molecular flexibility index (Phi) is 5.55. The van der Waals surface area contributed by atoms with Crippen molar-refractivity contribution in [3.05, 3.63) is 0 Å². The first-order chi connectivity index (χ1) is 10.6. The second-order valence-corrected chi connectivity index (χ2v) is 5.32. The Bertz CT molecular complexity index is 409. The van der Waals surface area contributed by atoms with Crippen LogP contribution in [0.2, 0.25) is 0 Å². The van der Waals surface area contributed by atoms with Crippen LogP contribution in [0, 0.1) is 0 Å². The smallest absolute Gasteiger partial charge is 0.269 e. The number of ether oxygens (including phenoxy) is 3. The van der Waals surface area contributed by atoms with Crippen molar-refractivity contribution in [3.63, 3.8) is 0 Å². The summed E-state index contributed by atoms with van der Waals surface area (Å²) in [5.74, 6) is -3.36. The standard InChI is InChI=1S/C11H19FO11/c12-11(2(1-13)21-9(20)6(17)7(11)18)23-10-5(16)3(14)4(15)8(19)22-10/h2-10,13-20H,1H2/t2-,3+,4+,5-,6-,7+,8+,9-,10-,11+/m1/s1. The molecular weight excluding hydrogens is 327 g/mol. The average molecular weight is 346 g/mol. The van der Waals surface area contributed by atoms with Gasteiger partial charge in [0.25, 0.3) is 5.85 Å².